The molecule has 0 radical (unpaired) electrons. The van der Waals surface area contributed by atoms with Gasteiger partial charge >= 0.3 is 5.97 Å². The number of esters is 1. The molecule has 172 valence electrons. The monoisotopic (exact) mass is 440 g/mol. The van der Waals surface area contributed by atoms with E-state index in [1.54, 1.807) is 37.4 Å². The highest BCUT2D eigenvalue weighted by Crippen LogP contribution is 2.36. The van der Waals surface area contributed by atoms with Gasteiger partial charge in [0.1, 0.15) is 6.04 Å². The number of nitrogens with two attached hydrogens (primary N) is 1. The lowest BCUT2D eigenvalue weighted by molar-refractivity contribution is -0.136. The van der Waals surface area contributed by atoms with Gasteiger partial charge in [0.05, 0.1) is 26.9 Å². The number of hydrogen-bond donors (Lipinski definition) is 1. The maximum atomic E-state index is 12.4. The summed E-state index contributed by atoms with van der Waals surface area (Å²) in [5.74, 6) is 1.13. The van der Waals surface area contributed by atoms with Crippen LogP contribution in [0, 0.1) is 17.2 Å². The van der Waals surface area contributed by atoms with Crippen LogP contribution in [0.2, 0.25) is 0 Å². The van der Waals surface area contributed by atoms with Crippen LogP contribution in [0.5, 0.6) is 23.0 Å². The van der Waals surface area contributed by atoms with Gasteiger partial charge in [-0.2, -0.15) is 5.26 Å². The van der Waals surface area contributed by atoms with E-state index in [4.69, 9.17) is 24.7 Å². The van der Waals surface area contributed by atoms with Crippen LogP contribution in [-0.2, 0) is 4.79 Å². The second-order valence-corrected chi connectivity index (χ2v) is 7.04. The van der Waals surface area contributed by atoms with E-state index in [-0.39, 0.29) is 19.1 Å². The molecule has 0 saturated heterocycles. The Bertz CT molecular complexity index is 992. The van der Waals surface area contributed by atoms with E-state index in [1.165, 1.54) is 13.2 Å². The van der Waals surface area contributed by atoms with Gasteiger partial charge in [-0.1, -0.05) is 33.4 Å². The lowest BCUT2D eigenvalue weighted by Crippen LogP contribution is -2.38. The fourth-order valence-corrected chi connectivity index (χ4v) is 2.88. The van der Waals surface area contributed by atoms with E-state index >= 15 is 0 Å². The fourth-order valence-electron chi connectivity index (χ4n) is 2.88. The average molecular weight is 441 g/mol. The van der Waals surface area contributed by atoms with Crippen molar-refractivity contribution in [3.05, 3.63) is 53.6 Å². The average Bonchev–Trinajstić information content (AvgIpc) is 2.77. The van der Waals surface area contributed by atoms with E-state index in [9.17, 15) is 10.1 Å². The molecule has 0 aliphatic rings. The smallest absolute Gasteiger partial charge is 0.328 e. The first-order chi connectivity index (χ1) is 14.9. The highest BCUT2D eigenvalue weighted by molar-refractivity contribution is 5.84. The van der Waals surface area contributed by atoms with E-state index in [0.717, 1.165) is 5.56 Å². The Balaban J connectivity index is 0.00000512. The van der Waals surface area contributed by atoms with Crippen LogP contribution >= 0.6 is 0 Å². The number of nitrogens with zero attached hydrogens (tertiary/aromatic N) is 1. The summed E-state index contributed by atoms with van der Waals surface area (Å²) in [5, 5.41) is 9.37. The molecule has 7 nitrogen and oxygen atoms in total. The van der Waals surface area contributed by atoms with Crippen molar-refractivity contribution in [1.82, 2.24) is 0 Å². The molecule has 0 spiro atoms. The number of hydrogen-bond acceptors (Lipinski definition) is 7. The van der Waals surface area contributed by atoms with E-state index in [1.807, 2.05) is 26.8 Å². The van der Waals surface area contributed by atoms with Gasteiger partial charge < -0.3 is 24.7 Å². The lowest BCUT2D eigenvalue weighted by atomic mass is 9.97. The number of carbonyl (C=O) groups is 1. The minimum absolute atomic E-state index is 0. The van der Waals surface area contributed by atoms with Crippen molar-refractivity contribution in [2.24, 2.45) is 11.7 Å². The molecule has 0 fully saturated rings. The van der Waals surface area contributed by atoms with E-state index in [2.05, 4.69) is 6.07 Å². The highest BCUT2D eigenvalue weighted by Gasteiger charge is 2.22. The summed E-state index contributed by atoms with van der Waals surface area (Å²) in [6, 6.07) is 11.8. The predicted molar refractivity (Wildman–Crippen MR) is 125 cm³/mol. The molecule has 0 amide bonds. The van der Waals surface area contributed by atoms with Crippen molar-refractivity contribution in [3.63, 3.8) is 0 Å². The third kappa shape index (κ3) is 6.25. The third-order valence-corrected chi connectivity index (χ3v) is 4.66. The summed E-state index contributed by atoms with van der Waals surface area (Å²) >= 11 is 0. The number of methoxy groups -OCH3 is 2. The highest BCUT2D eigenvalue weighted by atomic mass is 16.6. The standard InChI is InChI=1S/C24H28N2O5.CH4/c1-6-30-21-13-16(7-9-19(21)28-4)18(11-12-25)17-8-10-20(29-5)22(14-17)31-24(27)23(26)15(2)3;/h7-11,13-15,23H,6,26H2,1-5H3;1H4/b18-11-;. The largest absolute Gasteiger partial charge is 0.493 e. The summed E-state index contributed by atoms with van der Waals surface area (Å²) in [4.78, 5) is 12.4. The van der Waals surface area contributed by atoms with Crippen LogP contribution in [0.3, 0.4) is 0 Å². The van der Waals surface area contributed by atoms with Gasteiger partial charge in [0, 0.05) is 6.08 Å². The molecule has 1 unspecified atom stereocenters. The number of benzene rings is 2. The second-order valence-electron chi connectivity index (χ2n) is 7.04. The molecule has 0 heterocycles. The Hall–Kier alpha value is -3.50. The summed E-state index contributed by atoms with van der Waals surface area (Å²) < 4.78 is 21.8. The molecule has 0 bridgehead atoms. The molecule has 0 aliphatic heterocycles. The number of allylic oxidation sites excluding steroid dienone is 1. The third-order valence-electron chi connectivity index (χ3n) is 4.66. The van der Waals surface area contributed by atoms with Gasteiger partial charge in [-0.05, 0) is 53.8 Å². The number of ether oxygens (including phenoxy) is 4. The topological polar surface area (TPSA) is 104 Å². The van der Waals surface area contributed by atoms with E-state index in [0.29, 0.717) is 35.0 Å². The Morgan fingerprint density at radius 3 is 2.03 bits per heavy atom. The van der Waals surface area contributed by atoms with Gasteiger partial charge in [-0.15, -0.1) is 0 Å². The van der Waals surface area contributed by atoms with Crippen LogP contribution in [0.1, 0.15) is 39.3 Å². The predicted octanol–water partition coefficient (Wildman–Crippen LogP) is 4.58. The van der Waals surface area contributed by atoms with Crippen LogP contribution in [0.4, 0.5) is 0 Å². The number of rotatable bonds is 9. The number of nitriles is 1. The first kappa shape index (κ1) is 26.5. The zero-order valence-corrected chi connectivity index (χ0v) is 18.5. The molecule has 2 N–H and O–H groups in total. The van der Waals surface area contributed by atoms with Crippen LogP contribution in [-0.4, -0.2) is 32.8 Å². The summed E-state index contributed by atoms with van der Waals surface area (Å²) in [7, 11) is 3.05. The van der Waals surface area contributed by atoms with Gasteiger partial charge in [0.25, 0.3) is 0 Å². The molecule has 0 saturated carbocycles. The van der Waals surface area contributed by atoms with Crippen molar-refractivity contribution < 1.29 is 23.7 Å². The van der Waals surface area contributed by atoms with Crippen LogP contribution in [0.15, 0.2) is 42.5 Å². The van der Waals surface area contributed by atoms with Gasteiger partial charge in [0.2, 0.25) is 0 Å². The molecule has 7 heteroatoms. The lowest BCUT2D eigenvalue weighted by Gasteiger charge is -2.17. The van der Waals surface area contributed by atoms with Gasteiger partial charge in [-0.25, -0.2) is 4.79 Å². The Kier molecular flexibility index (Phi) is 10.3. The van der Waals surface area contributed by atoms with E-state index < -0.39 is 12.0 Å². The summed E-state index contributed by atoms with van der Waals surface area (Å²) in [6.07, 6.45) is 1.42. The Labute approximate surface area is 190 Å². The van der Waals surface area contributed by atoms with Gasteiger partial charge in [-0.3, -0.25) is 0 Å². The molecule has 0 aliphatic carbocycles. The first-order valence-corrected chi connectivity index (χ1v) is 9.92. The maximum absolute atomic E-state index is 12.4. The normalized spacial score (nSPS) is 11.8. The number of carbonyl (C=O) groups excluding carboxylic acids is 1. The summed E-state index contributed by atoms with van der Waals surface area (Å²) in [6.45, 7) is 6.03. The zero-order chi connectivity index (χ0) is 23.0. The van der Waals surface area contributed by atoms with Crippen molar-refractivity contribution in [3.8, 4) is 29.1 Å². The minimum Gasteiger partial charge on any atom is -0.493 e. The molecule has 32 heavy (non-hydrogen) atoms. The van der Waals surface area contributed by atoms with Crippen molar-refractivity contribution in [2.45, 2.75) is 34.2 Å². The molecule has 2 aromatic carbocycles. The van der Waals surface area contributed by atoms with Crippen molar-refractivity contribution >= 4 is 11.5 Å². The van der Waals surface area contributed by atoms with Crippen molar-refractivity contribution in [1.29, 1.82) is 5.26 Å². The summed E-state index contributed by atoms with van der Waals surface area (Å²) in [5.41, 5.74) is 7.94. The minimum atomic E-state index is -0.766. The zero-order valence-electron chi connectivity index (χ0n) is 18.5. The van der Waals surface area contributed by atoms with Crippen molar-refractivity contribution in [2.75, 3.05) is 20.8 Å². The van der Waals surface area contributed by atoms with Gasteiger partial charge in [0.15, 0.2) is 23.0 Å². The second kappa shape index (κ2) is 12.4. The Morgan fingerprint density at radius 2 is 1.56 bits per heavy atom. The molecule has 2 rings (SSSR count). The first-order valence-electron chi connectivity index (χ1n) is 9.92. The quantitative estimate of drug-likeness (QED) is 0.346. The molecule has 2 aromatic rings. The Morgan fingerprint density at radius 1 is 1.03 bits per heavy atom. The molecule has 0 aromatic heterocycles. The molecule has 1 atom stereocenters. The van der Waals surface area contributed by atoms with Crippen LogP contribution < -0.4 is 24.7 Å². The van der Waals surface area contributed by atoms with Crippen LogP contribution in [0.25, 0.3) is 5.57 Å². The molecular formula is C25H32N2O5. The molecular weight excluding hydrogens is 408 g/mol. The SMILES string of the molecule is C.CCOc1cc(/C(=C/C#N)c2ccc(OC)c(OC(=O)C(N)C(C)C)c2)ccc1OC. The maximum Gasteiger partial charge on any atom is 0.328 e. The fraction of sp³-hybridized carbons (Fsp3) is 0.360.